The molecule has 0 bridgehead atoms. The minimum Gasteiger partial charge on any atom is -0.280 e. The summed E-state index contributed by atoms with van der Waals surface area (Å²) >= 11 is 2.22. The molecule has 0 unspecified atom stereocenters. The van der Waals surface area contributed by atoms with Gasteiger partial charge in [-0.15, -0.1) is 0 Å². The van der Waals surface area contributed by atoms with Crippen LogP contribution in [0.25, 0.3) is 0 Å². The predicted molar refractivity (Wildman–Crippen MR) is 99.8 cm³/mol. The van der Waals surface area contributed by atoms with E-state index in [1.165, 1.54) is 0 Å². The number of halogens is 1. The first-order chi connectivity index (χ1) is 10.1. The van der Waals surface area contributed by atoms with E-state index in [0.717, 1.165) is 14.7 Å². The van der Waals surface area contributed by atoms with Crippen LogP contribution in [0.2, 0.25) is 0 Å². The summed E-state index contributed by atoms with van der Waals surface area (Å²) in [6.07, 6.45) is 0. The van der Waals surface area contributed by atoms with Crippen LogP contribution in [-0.4, -0.2) is 8.42 Å². The third-order valence-electron chi connectivity index (χ3n) is 3.44. The van der Waals surface area contributed by atoms with Gasteiger partial charge in [0.25, 0.3) is 10.0 Å². The summed E-state index contributed by atoms with van der Waals surface area (Å²) in [6.45, 7) is 8.26. The Bertz CT molecular complexity index is 775. The Labute approximate surface area is 146 Å². The highest BCUT2D eigenvalue weighted by Gasteiger charge is 2.17. The van der Waals surface area contributed by atoms with Crippen molar-refractivity contribution in [3.05, 3.63) is 57.2 Å². The first kappa shape index (κ1) is 17.3. The van der Waals surface area contributed by atoms with E-state index in [1.807, 2.05) is 31.2 Å². The second-order valence-corrected chi connectivity index (χ2v) is 9.19. The number of hydrogen-bond donors (Lipinski definition) is 1. The van der Waals surface area contributed by atoms with Crippen molar-refractivity contribution in [2.75, 3.05) is 4.72 Å². The number of anilines is 1. The fraction of sp³-hybridized carbons (Fsp3) is 0.294. The van der Waals surface area contributed by atoms with Crippen LogP contribution in [0.1, 0.15) is 31.9 Å². The summed E-state index contributed by atoms with van der Waals surface area (Å²) in [5.41, 5.74) is 2.74. The highest BCUT2D eigenvalue weighted by molar-refractivity contribution is 14.1. The van der Waals surface area contributed by atoms with E-state index in [-0.39, 0.29) is 10.3 Å². The van der Waals surface area contributed by atoms with Crippen LogP contribution >= 0.6 is 22.6 Å². The van der Waals surface area contributed by atoms with Crippen LogP contribution in [0.5, 0.6) is 0 Å². The van der Waals surface area contributed by atoms with Crippen LogP contribution in [0.4, 0.5) is 5.69 Å². The van der Waals surface area contributed by atoms with Gasteiger partial charge < -0.3 is 0 Å². The van der Waals surface area contributed by atoms with Crippen LogP contribution in [0.3, 0.4) is 0 Å². The Morgan fingerprint density at radius 2 is 1.59 bits per heavy atom. The summed E-state index contributed by atoms with van der Waals surface area (Å²) in [7, 11) is -3.56. The number of hydrogen-bond acceptors (Lipinski definition) is 2. The molecule has 0 aliphatic carbocycles. The quantitative estimate of drug-likeness (QED) is 0.720. The molecule has 2 rings (SSSR count). The van der Waals surface area contributed by atoms with Gasteiger partial charge in [0.15, 0.2) is 0 Å². The summed E-state index contributed by atoms with van der Waals surface area (Å²) < 4.78 is 28.6. The normalized spacial score (nSPS) is 12.2. The second kappa shape index (κ2) is 6.20. The molecule has 0 aliphatic heterocycles. The highest BCUT2D eigenvalue weighted by Crippen LogP contribution is 2.25. The minimum absolute atomic E-state index is 0.00293. The van der Waals surface area contributed by atoms with Gasteiger partial charge in [0, 0.05) is 9.26 Å². The van der Waals surface area contributed by atoms with Crippen molar-refractivity contribution in [3.63, 3.8) is 0 Å². The van der Waals surface area contributed by atoms with Crippen molar-refractivity contribution in [2.45, 2.75) is 38.0 Å². The maximum Gasteiger partial charge on any atom is 0.261 e. The Morgan fingerprint density at radius 3 is 2.09 bits per heavy atom. The lowest BCUT2D eigenvalue weighted by molar-refractivity contribution is 0.587. The maximum absolute atomic E-state index is 12.4. The molecule has 118 valence electrons. The molecule has 0 atom stereocenters. The number of sulfonamides is 1. The molecule has 0 amide bonds. The number of benzene rings is 2. The summed E-state index contributed by atoms with van der Waals surface area (Å²) in [5.74, 6) is 0. The van der Waals surface area contributed by atoms with Gasteiger partial charge in [-0.1, -0.05) is 32.9 Å². The van der Waals surface area contributed by atoms with Crippen LogP contribution in [0.15, 0.2) is 47.4 Å². The third-order valence-corrected chi connectivity index (χ3v) is 6.05. The second-order valence-electron chi connectivity index (χ2n) is 6.34. The Morgan fingerprint density at radius 1 is 1.00 bits per heavy atom. The number of aryl methyl sites for hydroxylation is 1. The van der Waals surface area contributed by atoms with Crippen molar-refractivity contribution < 1.29 is 8.42 Å². The zero-order valence-electron chi connectivity index (χ0n) is 13.1. The highest BCUT2D eigenvalue weighted by atomic mass is 127. The van der Waals surface area contributed by atoms with E-state index in [9.17, 15) is 8.42 Å². The average Bonchev–Trinajstić information content (AvgIpc) is 2.42. The molecule has 0 heterocycles. The molecule has 0 aliphatic rings. The van der Waals surface area contributed by atoms with Crippen LogP contribution < -0.4 is 4.72 Å². The molecular weight excluding hydrogens is 409 g/mol. The molecular formula is C17H20INO2S. The van der Waals surface area contributed by atoms with E-state index >= 15 is 0 Å². The first-order valence-corrected chi connectivity index (χ1v) is 9.55. The zero-order chi connectivity index (χ0) is 16.5. The van der Waals surface area contributed by atoms with Crippen molar-refractivity contribution in [1.29, 1.82) is 0 Å². The van der Waals surface area contributed by atoms with Crippen LogP contribution in [0, 0.1) is 10.5 Å². The van der Waals surface area contributed by atoms with E-state index < -0.39 is 10.0 Å². The largest absolute Gasteiger partial charge is 0.280 e. The van der Waals surface area contributed by atoms with Crippen molar-refractivity contribution in [1.82, 2.24) is 0 Å². The van der Waals surface area contributed by atoms with Crippen molar-refractivity contribution >= 4 is 38.3 Å². The monoisotopic (exact) mass is 429 g/mol. The minimum atomic E-state index is -3.56. The van der Waals surface area contributed by atoms with Gasteiger partial charge in [0.05, 0.1) is 4.90 Å². The molecule has 0 aromatic heterocycles. The van der Waals surface area contributed by atoms with E-state index in [4.69, 9.17) is 0 Å². The fourth-order valence-corrected chi connectivity index (χ4v) is 3.44. The number of nitrogens with one attached hydrogen (secondary N) is 1. The molecule has 2 aromatic rings. The lowest BCUT2D eigenvalue weighted by Gasteiger charge is -2.19. The Hall–Kier alpha value is -1.08. The molecule has 0 fully saturated rings. The van der Waals surface area contributed by atoms with E-state index in [2.05, 4.69) is 48.1 Å². The molecule has 0 radical (unpaired) electrons. The van der Waals surface area contributed by atoms with E-state index in [0.29, 0.717) is 5.69 Å². The molecule has 22 heavy (non-hydrogen) atoms. The molecule has 3 nitrogen and oxygen atoms in total. The van der Waals surface area contributed by atoms with Crippen molar-refractivity contribution in [3.8, 4) is 0 Å². The molecule has 5 heteroatoms. The molecule has 0 saturated carbocycles. The van der Waals surface area contributed by atoms with Gasteiger partial charge in [-0.2, -0.15) is 0 Å². The van der Waals surface area contributed by atoms with Gasteiger partial charge in [0.2, 0.25) is 0 Å². The predicted octanol–water partition coefficient (Wildman–Crippen LogP) is 4.70. The standard InChI is InChI=1S/C17H20INO2S/c1-12-11-14(7-10-16(12)18)19-22(20,21)15-8-5-13(6-9-15)17(2,3)4/h5-11,19H,1-4H3. The van der Waals surface area contributed by atoms with Gasteiger partial charge in [-0.05, 0) is 76.4 Å². The molecule has 2 aromatic carbocycles. The number of rotatable bonds is 3. The molecule has 0 saturated heterocycles. The smallest absolute Gasteiger partial charge is 0.261 e. The summed E-state index contributed by atoms with van der Waals surface area (Å²) in [6, 6.07) is 12.6. The lowest BCUT2D eigenvalue weighted by atomic mass is 9.87. The molecule has 1 N–H and O–H groups in total. The van der Waals surface area contributed by atoms with Gasteiger partial charge in [0.1, 0.15) is 0 Å². The SMILES string of the molecule is Cc1cc(NS(=O)(=O)c2ccc(C(C)(C)C)cc2)ccc1I. The Kier molecular flexibility index (Phi) is 4.87. The van der Waals surface area contributed by atoms with Gasteiger partial charge in [-0.3, -0.25) is 4.72 Å². The Balaban J connectivity index is 2.28. The maximum atomic E-state index is 12.4. The summed E-state index contributed by atoms with van der Waals surface area (Å²) in [5, 5.41) is 0. The third kappa shape index (κ3) is 4.01. The van der Waals surface area contributed by atoms with Crippen molar-refractivity contribution in [2.24, 2.45) is 0 Å². The topological polar surface area (TPSA) is 46.2 Å². The van der Waals surface area contributed by atoms with Crippen LogP contribution in [-0.2, 0) is 15.4 Å². The fourth-order valence-electron chi connectivity index (χ4n) is 2.06. The van der Waals surface area contributed by atoms with Gasteiger partial charge >= 0.3 is 0 Å². The lowest BCUT2D eigenvalue weighted by Crippen LogP contribution is -2.15. The van der Waals surface area contributed by atoms with Gasteiger partial charge in [-0.25, -0.2) is 8.42 Å². The summed E-state index contributed by atoms with van der Waals surface area (Å²) in [4.78, 5) is 0.275. The zero-order valence-corrected chi connectivity index (χ0v) is 16.1. The first-order valence-electron chi connectivity index (χ1n) is 6.99. The molecule has 0 spiro atoms. The average molecular weight is 429 g/mol. The van der Waals surface area contributed by atoms with E-state index in [1.54, 1.807) is 18.2 Å².